The van der Waals surface area contributed by atoms with Gasteiger partial charge in [0.2, 0.25) is 0 Å². The standard InChI is InChI=1S/C7H13NO3.C7H12O.C6H12O.CH4/c1-4(2)6(9)3-5(8)7(10)11;1-5(2)6(3)7(4)8;1-5(2)4-6(3)7;/h4-5H,3,8H2,1-2H3,(H,10,11);1-4H3;5H,4H2,1-3H3;1H4. The van der Waals surface area contributed by atoms with Crippen LogP contribution in [0.3, 0.4) is 0 Å². The first-order valence-corrected chi connectivity index (χ1v) is 8.78. The molecular weight excluding hydrogens is 346 g/mol. The Balaban J connectivity index is -0.000000149. The lowest BCUT2D eigenvalue weighted by Gasteiger charge is -2.06. The number of hydrogen-bond donors (Lipinski definition) is 2. The number of carbonyl (C=O) groups is 4. The lowest BCUT2D eigenvalue weighted by Crippen LogP contribution is -2.33. The summed E-state index contributed by atoms with van der Waals surface area (Å²) in [6.45, 7) is 16.5. The van der Waals surface area contributed by atoms with Crippen molar-refractivity contribution in [2.24, 2.45) is 17.6 Å². The van der Waals surface area contributed by atoms with Gasteiger partial charge in [-0.1, -0.05) is 40.7 Å². The molecule has 0 aliphatic rings. The third-order valence-corrected chi connectivity index (χ3v) is 3.36. The number of carboxylic acids is 1. The van der Waals surface area contributed by atoms with Gasteiger partial charge < -0.3 is 15.6 Å². The number of carboxylic acid groups (broad SMARTS) is 1. The summed E-state index contributed by atoms with van der Waals surface area (Å²) in [7, 11) is 0. The van der Waals surface area contributed by atoms with E-state index in [2.05, 4.69) is 0 Å². The maximum absolute atomic E-state index is 10.9. The number of aliphatic carboxylic acids is 1. The number of rotatable bonds is 7. The summed E-state index contributed by atoms with van der Waals surface area (Å²) < 4.78 is 0. The van der Waals surface area contributed by atoms with Crippen LogP contribution in [0, 0.1) is 11.8 Å². The van der Waals surface area contributed by atoms with Crippen LogP contribution in [0.1, 0.15) is 82.6 Å². The molecule has 0 saturated heterocycles. The zero-order valence-electron chi connectivity index (χ0n) is 17.8. The molecule has 160 valence electrons. The molecule has 0 bridgehead atoms. The van der Waals surface area contributed by atoms with Crippen LogP contribution >= 0.6 is 0 Å². The van der Waals surface area contributed by atoms with Crippen LogP contribution < -0.4 is 5.73 Å². The van der Waals surface area contributed by atoms with Crippen molar-refractivity contribution >= 4 is 23.3 Å². The third kappa shape index (κ3) is 24.2. The first-order chi connectivity index (χ1) is 11.6. The van der Waals surface area contributed by atoms with Crippen LogP contribution in [0.5, 0.6) is 0 Å². The van der Waals surface area contributed by atoms with E-state index >= 15 is 0 Å². The Labute approximate surface area is 165 Å². The Morgan fingerprint density at radius 2 is 1.26 bits per heavy atom. The number of nitrogens with two attached hydrogens (primary N) is 1. The van der Waals surface area contributed by atoms with Gasteiger partial charge in [-0.25, -0.2) is 0 Å². The average Bonchev–Trinajstić information content (AvgIpc) is 2.45. The highest BCUT2D eigenvalue weighted by atomic mass is 16.4. The van der Waals surface area contributed by atoms with Gasteiger partial charge in [0.25, 0.3) is 0 Å². The van der Waals surface area contributed by atoms with Gasteiger partial charge in [0, 0.05) is 18.8 Å². The lowest BCUT2D eigenvalue weighted by molar-refractivity contribution is -0.140. The van der Waals surface area contributed by atoms with E-state index in [0.717, 1.165) is 17.6 Å². The fourth-order valence-electron chi connectivity index (χ4n) is 1.47. The summed E-state index contributed by atoms with van der Waals surface area (Å²) in [5.74, 6) is -0.392. The maximum atomic E-state index is 10.9. The van der Waals surface area contributed by atoms with Crippen LogP contribution in [-0.2, 0) is 19.2 Å². The molecular formula is C21H41NO5. The van der Waals surface area contributed by atoms with E-state index in [1.807, 2.05) is 34.6 Å². The molecule has 0 aliphatic heterocycles. The van der Waals surface area contributed by atoms with Gasteiger partial charge in [0.15, 0.2) is 5.78 Å². The summed E-state index contributed by atoms with van der Waals surface area (Å²) in [5.41, 5.74) is 7.12. The molecule has 0 fully saturated rings. The van der Waals surface area contributed by atoms with Crippen LogP contribution in [0.25, 0.3) is 0 Å². The first-order valence-electron chi connectivity index (χ1n) is 8.78. The number of Topliss-reactive ketones (excluding diaryl/α,β-unsaturated/α-hetero) is 3. The van der Waals surface area contributed by atoms with Crippen molar-refractivity contribution in [2.45, 2.75) is 88.6 Å². The predicted molar refractivity (Wildman–Crippen MR) is 112 cm³/mol. The highest BCUT2D eigenvalue weighted by molar-refractivity contribution is 5.93. The molecule has 0 aromatic heterocycles. The van der Waals surface area contributed by atoms with E-state index < -0.39 is 12.0 Å². The molecule has 0 radical (unpaired) electrons. The summed E-state index contributed by atoms with van der Waals surface area (Å²) in [6.07, 6.45) is 0.646. The van der Waals surface area contributed by atoms with Crippen LogP contribution in [0.2, 0.25) is 0 Å². The summed E-state index contributed by atoms with van der Waals surface area (Å²) in [6, 6.07) is -1.05. The Kier molecular flexibility index (Phi) is 21.4. The zero-order valence-corrected chi connectivity index (χ0v) is 17.8. The zero-order chi connectivity index (χ0) is 21.6. The number of carbonyl (C=O) groups excluding carboxylic acids is 3. The summed E-state index contributed by atoms with van der Waals surface area (Å²) >= 11 is 0. The topological polar surface area (TPSA) is 115 Å². The van der Waals surface area contributed by atoms with E-state index in [0.29, 0.717) is 5.92 Å². The van der Waals surface area contributed by atoms with Gasteiger partial charge >= 0.3 is 5.97 Å². The molecule has 0 rings (SSSR count). The maximum Gasteiger partial charge on any atom is 0.320 e. The van der Waals surface area contributed by atoms with Gasteiger partial charge in [0.05, 0.1) is 0 Å². The molecule has 0 aromatic rings. The second-order valence-electron chi connectivity index (χ2n) is 7.25. The highest BCUT2D eigenvalue weighted by Gasteiger charge is 2.17. The van der Waals surface area contributed by atoms with Gasteiger partial charge in [0.1, 0.15) is 17.6 Å². The molecule has 1 unspecified atom stereocenters. The number of hydrogen-bond acceptors (Lipinski definition) is 5. The van der Waals surface area contributed by atoms with Crippen LogP contribution in [0.15, 0.2) is 11.1 Å². The van der Waals surface area contributed by atoms with E-state index in [4.69, 9.17) is 10.8 Å². The van der Waals surface area contributed by atoms with Crippen molar-refractivity contribution in [3.8, 4) is 0 Å². The molecule has 0 spiro atoms. The van der Waals surface area contributed by atoms with Gasteiger partial charge in [-0.05, 0) is 46.1 Å². The molecule has 0 amide bonds. The molecule has 0 saturated carbocycles. The van der Waals surface area contributed by atoms with E-state index in [9.17, 15) is 19.2 Å². The van der Waals surface area contributed by atoms with Crippen molar-refractivity contribution < 1.29 is 24.3 Å². The number of ketones is 3. The molecule has 6 heteroatoms. The largest absolute Gasteiger partial charge is 0.480 e. The van der Waals surface area contributed by atoms with Gasteiger partial charge in [-0.3, -0.25) is 14.4 Å². The molecule has 0 aliphatic carbocycles. The minimum Gasteiger partial charge on any atom is -0.480 e. The molecule has 27 heavy (non-hydrogen) atoms. The van der Waals surface area contributed by atoms with Gasteiger partial charge in [-0.2, -0.15) is 0 Å². The minimum absolute atomic E-state index is 0. The lowest BCUT2D eigenvalue weighted by atomic mass is 10.0. The Bertz CT molecular complexity index is 501. The van der Waals surface area contributed by atoms with Gasteiger partial charge in [-0.15, -0.1) is 0 Å². The summed E-state index contributed by atoms with van der Waals surface area (Å²) in [4.78, 5) is 41.9. The van der Waals surface area contributed by atoms with Crippen molar-refractivity contribution in [3.63, 3.8) is 0 Å². The second kappa shape index (κ2) is 17.6. The quantitative estimate of drug-likeness (QED) is 0.633. The highest BCUT2D eigenvalue weighted by Crippen LogP contribution is 2.01. The molecule has 6 nitrogen and oxygen atoms in total. The normalized spacial score (nSPS) is 10.4. The van der Waals surface area contributed by atoms with Crippen LogP contribution in [0.4, 0.5) is 0 Å². The third-order valence-electron chi connectivity index (χ3n) is 3.36. The first kappa shape index (κ1) is 32.8. The Morgan fingerprint density at radius 3 is 1.37 bits per heavy atom. The molecule has 3 N–H and O–H groups in total. The average molecular weight is 388 g/mol. The van der Waals surface area contributed by atoms with Crippen molar-refractivity contribution in [1.82, 2.24) is 0 Å². The predicted octanol–water partition coefficient (Wildman–Crippen LogP) is 4.20. The van der Waals surface area contributed by atoms with Crippen molar-refractivity contribution in [1.29, 1.82) is 0 Å². The van der Waals surface area contributed by atoms with Crippen molar-refractivity contribution in [3.05, 3.63) is 11.1 Å². The SMILES string of the molecule is C.CC(=O)C(C)=C(C)C.CC(=O)CC(C)C.CC(C)C(=O)CC(N)C(=O)O. The number of allylic oxidation sites excluding steroid dienone is 2. The summed E-state index contributed by atoms with van der Waals surface area (Å²) in [5, 5.41) is 8.34. The fraction of sp³-hybridized carbons (Fsp3) is 0.714. The van der Waals surface area contributed by atoms with E-state index in [1.54, 1.807) is 27.7 Å². The van der Waals surface area contributed by atoms with E-state index in [-0.39, 0.29) is 37.1 Å². The molecule has 0 heterocycles. The van der Waals surface area contributed by atoms with Crippen molar-refractivity contribution in [2.75, 3.05) is 0 Å². The molecule has 1 atom stereocenters. The smallest absolute Gasteiger partial charge is 0.320 e. The molecule has 0 aromatic carbocycles. The second-order valence-corrected chi connectivity index (χ2v) is 7.25. The Hall–Kier alpha value is -1.82. The minimum atomic E-state index is -1.13. The Morgan fingerprint density at radius 1 is 0.852 bits per heavy atom. The van der Waals surface area contributed by atoms with Crippen LogP contribution in [-0.4, -0.2) is 34.5 Å². The fourth-order valence-corrected chi connectivity index (χ4v) is 1.47. The van der Waals surface area contributed by atoms with E-state index in [1.165, 1.54) is 0 Å². The monoisotopic (exact) mass is 387 g/mol.